The molecule has 5 heterocycles. The Morgan fingerprint density at radius 3 is 1.39 bits per heavy atom. The van der Waals surface area contributed by atoms with Gasteiger partial charge in [-0.25, -0.2) is 4.99 Å². The van der Waals surface area contributed by atoms with Crippen molar-refractivity contribution in [2.24, 2.45) is 10.9 Å². The number of hydrogen-bond donors (Lipinski definition) is 0. The van der Waals surface area contributed by atoms with Gasteiger partial charge in [0.25, 0.3) is 6.71 Å². The zero-order valence-corrected chi connectivity index (χ0v) is 52.9. The van der Waals surface area contributed by atoms with E-state index in [1.54, 1.807) is 0 Å². The second-order valence-corrected chi connectivity index (χ2v) is 25.8. The minimum Gasteiger partial charge on any atom is -0.458 e. The summed E-state index contributed by atoms with van der Waals surface area (Å²) in [6.45, 7) is 4.40. The lowest BCUT2D eigenvalue weighted by molar-refractivity contribution is 0.487. The summed E-state index contributed by atoms with van der Waals surface area (Å²) >= 11 is 0. The zero-order chi connectivity index (χ0) is 63.1. The number of anilines is 15. The largest absolute Gasteiger partial charge is 0.458 e. The van der Waals surface area contributed by atoms with Crippen LogP contribution in [0.5, 0.6) is 11.5 Å². The molecule has 12 aromatic rings. The summed E-state index contributed by atoms with van der Waals surface area (Å²) in [4.78, 5) is 21.3. The smallest absolute Gasteiger partial charge is 0.253 e. The third-order valence-electron chi connectivity index (χ3n) is 20.0. The Balaban J connectivity index is 0.945. The molecule has 452 valence electrons. The van der Waals surface area contributed by atoms with E-state index in [2.05, 4.69) is 371 Å². The van der Waals surface area contributed by atoms with Crippen LogP contribution in [-0.2, 0) is 0 Å². The lowest BCUT2D eigenvalue weighted by atomic mass is 9.21. The molecule has 10 heteroatoms. The second-order valence-electron chi connectivity index (χ2n) is 25.8. The van der Waals surface area contributed by atoms with Crippen molar-refractivity contribution in [3.8, 4) is 11.5 Å². The quantitative estimate of drug-likeness (QED) is 0.113. The van der Waals surface area contributed by atoms with Gasteiger partial charge in [-0.05, 0) is 186 Å². The first-order chi connectivity index (χ1) is 46.9. The highest BCUT2D eigenvalue weighted by molar-refractivity contribution is 6.97. The maximum absolute atomic E-state index is 7.34. The Labute approximate surface area is 556 Å². The van der Waals surface area contributed by atoms with Crippen LogP contribution in [0.4, 0.5) is 85.3 Å². The summed E-state index contributed by atoms with van der Waals surface area (Å²) in [5.41, 5.74) is 23.0. The number of nitrogens with zero attached hydrogens (tertiary/aromatic N) is 7. The third kappa shape index (κ3) is 9.26. The van der Waals surface area contributed by atoms with Gasteiger partial charge in [0, 0.05) is 91.0 Å². The fraction of sp³-hybridized carbons (Fsp3) is 0.0706. The lowest BCUT2D eigenvalue weighted by Gasteiger charge is -2.55. The average Bonchev–Trinajstić information content (AvgIpc) is 0.674. The lowest BCUT2D eigenvalue weighted by Crippen LogP contribution is -2.67. The van der Waals surface area contributed by atoms with Crippen molar-refractivity contribution < 1.29 is 4.74 Å². The predicted octanol–water partition coefficient (Wildman–Crippen LogP) is 19.7. The Morgan fingerprint density at radius 1 is 0.411 bits per heavy atom. The van der Waals surface area contributed by atoms with Gasteiger partial charge < -0.3 is 24.3 Å². The maximum atomic E-state index is 7.34. The van der Waals surface area contributed by atoms with E-state index in [9.17, 15) is 0 Å². The number of amidine groups is 1. The molecule has 0 spiro atoms. The van der Waals surface area contributed by atoms with Crippen LogP contribution in [0, 0.1) is 5.92 Å². The highest BCUT2D eigenvalue weighted by atomic mass is 16.5. The normalized spacial score (nSPS) is 16.8. The van der Waals surface area contributed by atoms with E-state index < -0.39 is 5.31 Å². The van der Waals surface area contributed by atoms with Crippen LogP contribution in [0.1, 0.15) is 26.7 Å². The maximum Gasteiger partial charge on any atom is 0.253 e. The molecule has 2 unspecified atom stereocenters. The van der Waals surface area contributed by atoms with Crippen molar-refractivity contribution in [2.75, 3.05) is 29.4 Å². The first-order valence-electron chi connectivity index (χ1n) is 33.1. The molecule has 0 amide bonds. The topological polar surface area (TPSA) is 41.0 Å². The van der Waals surface area contributed by atoms with Crippen LogP contribution in [0.15, 0.2) is 350 Å². The monoisotopic (exact) mass is 1220 g/mol. The van der Waals surface area contributed by atoms with Gasteiger partial charge in [0.05, 0.1) is 11.4 Å². The van der Waals surface area contributed by atoms with Crippen molar-refractivity contribution in [2.45, 2.75) is 32.0 Å². The average molecular weight is 1220 g/mol. The SMILES string of the molecule is CC1C=CC(N(c2ccccc2)c2cc3c4c(c2)N(c2ccccc2)c2cc(N(c5ccccc5)c5ccccc5)ccc2B4C2(C)CC4=C(N=C2N3c2ccccc2)N(c2ccccc2)c2cc(N(c3ccccc3)c3ccccc3)cc3c2B4c2ccccc2O3)=CC1. The number of aliphatic imine (C=N–C) groups is 1. The number of allylic oxidation sites excluding steroid dienone is 4. The van der Waals surface area contributed by atoms with Gasteiger partial charge >= 0.3 is 0 Å². The summed E-state index contributed by atoms with van der Waals surface area (Å²) in [5, 5.41) is -0.690. The number of para-hydroxylation sites is 9. The number of hydrogen-bond acceptors (Lipinski definition) is 8. The van der Waals surface area contributed by atoms with Gasteiger partial charge in [-0.3, -0.25) is 9.80 Å². The third-order valence-corrected chi connectivity index (χ3v) is 20.0. The van der Waals surface area contributed by atoms with E-state index in [1.807, 2.05) is 0 Å². The van der Waals surface area contributed by atoms with E-state index in [1.165, 1.54) is 16.4 Å². The first-order valence-corrected chi connectivity index (χ1v) is 33.1. The molecule has 5 aliphatic heterocycles. The van der Waals surface area contributed by atoms with Crippen molar-refractivity contribution in [3.63, 3.8) is 0 Å². The zero-order valence-electron chi connectivity index (χ0n) is 52.9. The number of benzene rings is 12. The number of ether oxygens (including phenoxy) is 1. The summed E-state index contributed by atoms with van der Waals surface area (Å²) in [6.07, 6.45) is 8.69. The molecule has 2 atom stereocenters. The molecule has 0 bridgehead atoms. The molecule has 18 rings (SSSR count). The standard InChI is InChI=1S/C85H65B2N7O/c1-59-47-49-68(50-48-59)91(64-37-19-7-20-38-64)70-54-76-81-77(55-70)94(67-43-25-10-26-44-67)84-85(2,87(81)72-52-51-69(53-75(72)92(76)65-39-21-8-22-40-65)89(60-29-11-3-12-30-60)61-31-13-4-14-32-61)58-74-83(88-84)93(66-41-23-9-24-42-66)78-56-71(57-80-82(78)86(74)73-45-27-28-46-79(73)95-80)90(62-33-15-5-16-34-62)63-35-17-6-18-36-63/h3-47,49-57,59H,48,58H2,1-2H3. The van der Waals surface area contributed by atoms with Gasteiger partial charge in [-0.1, -0.05) is 196 Å². The Hall–Kier alpha value is -11.7. The van der Waals surface area contributed by atoms with Crippen LogP contribution in [0.2, 0.25) is 5.31 Å². The molecule has 12 aromatic carbocycles. The molecular formula is C85H65B2N7O. The van der Waals surface area contributed by atoms with E-state index in [-0.39, 0.29) is 13.4 Å². The van der Waals surface area contributed by atoms with Gasteiger partial charge in [0.1, 0.15) is 23.2 Å². The van der Waals surface area contributed by atoms with E-state index in [4.69, 9.17) is 9.73 Å². The summed E-state index contributed by atoms with van der Waals surface area (Å²) in [6, 6.07) is 112. The molecule has 1 aliphatic carbocycles. The highest BCUT2D eigenvalue weighted by Gasteiger charge is 2.60. The minimum absolute atomic E-state index is 0.207. The van der Waals surface area contributed by atoms with Crippen molar-refractivity contribution in [1.82, 2.24) is 0 Å². The van der Waals surface area contributed by atoms with Crippen molar-refractivity contribution >= 4 is 126 Å². The van der Waals surface area contributed by atoms with Crippen LogP contribution in [0.25, 0.3) is 0 Å². The number of rotatable bonds is 12. The fourth-order valence-corrected chi connectivity index (χ4v) is 15.9. The van der Waals surface area contributed by atoms with Crippen LogP contribution < -0.4 is 56.0 Å². The van der Waals surface area contributed by atoms with Crippen LogP contribution >= 0.6 is 0 Å². The molecule has 95 heavy (non-hydrogen) atoms. The molecule has 0 radical (unpaired) electrons. The van der Waals surface area contributed by atoms with Crippen LogP contribution in [-0.4, -0.2) is 19.3 Å². The summed E-state index contributed by atoms with van der Waals surface area (Å²) in [5.74, 6) is 4.00. The van der Waals surface area contributed by atoms with E-state index in [0.29, 0.717) is 12.3 Å². The van der Waals surface area contributed by atoms with Gasteiger partial charge in [0.2, 0.25) is 6.71 Å². The van der Waals surface area contributed by atoms with E-state index >= 15 is 0 Å². The predicted molar refractivity (Wildman–Crippen MR) is 398 cm³/mol. The molecule has 0 N–H and O–H groups in total. The Morgan fingerprint density at radius 2 is 0.853 bits per heavy atom. The molecular weight excluding hydrogens is 1160 g/mol. The molecule has 6 aliphatic rings. The minimum atomic E-state index is -0.690. The Kier molecular flexibility index (Phi) is 13.5. The molecule has 0 saturated carbocycles. The van der Waals surface area contributed by atoms with E-state index in [0.717, 1.165) is 132 Å². The van der Waals surface area contributed by atoms with Gasteiger partial charge in [-0.15, -0.1) is 0 Å². The molecule has 8 nitrogen and oxygen atoms in total. The van der Waals surface area contributed by atoms with Gasteiger partial charge in [-0.2, -0.15) is 0 Å². The molecule has 0 fully saturated rings. The van der Waals surface area contributed by atoms with Crippen molar-refractivity contribution in [3.05, 3.63) is 345 Å². The van der Waals surface area contributed by atoms with Gasteiger partial charge in [0.15, 0.2) is 0 Å². The molecule has 0 aromatic heterocycles. The summed E-state index contributed by atoms with van der Waals surface area (Å²) in [7, 11) is 0. The second kappa shape index (κ2) is 22.8. The van der Waals surface area contributed by atoms with Crippen molar-refractivity contribution in [1.29, 1.82) is 0 Å². The highest BCUT2D eigenvalue weighted by Crippen LogP contribution is 2.59. The first kappa shape index (κ1) is 56.0. The fourth-order valence-electron chi connectivity index (χ4n) is 15.9. The Bertz CT molecular complexity index is 4980. The number of fused-ring (bicyclic) bond motifs is 7. The summed E-state index contributed by atoms with van der Waals surface area (Å²) < 4.78 is 7.34. The van der Waals surface area contributed by atoms with Crippen LogP contribution in [0.3, 0.4) is 0 Å². The molecule has 0 saturated heterocycles.